The Morgan fingerprint density at radius 1 is 1.29 bits per heavy atom. The summed E-state index contributed by atoms with van der Waals surface area (Å²) in [5.74, 6) is -0.170. The number of ether oxygens (including phenoxy) is 3. The molecular formula is C14H27NO6. The predicted octanol–water partition coefficient (Wildman–Crippen LogP) is -0.553. The van der Waals surface area contributed by atoms with Crippen molar-refractivity contribution in [3.63, 3.8) is 0 Å². The zero-order valence-electron chi connectivity index (χ0n) is 12.6. The van der Waals surface area contributed by atoms with Crippen LogP contribution in [0.15, 0.2) is 0 Å². The Hall–Kier alpha value is -0.730. The molecule has 0 aromatic carbocycles. The Balaban J connectivity index is 1.92. The molecule has 1 amide bonds. The van der Waals surface area contributed by atoms with E-state index in [2.05, 4.69) is 5.32 Å². The number of rotatable bonds is 12. The number of nitrogens with one attached hydrogen (secondary N) is 1. The second kappa shape index (κ2) is 10.9. The van der Waals surface area contributed by atoms with Gasteiger partial charge in [-0.2, -0.15) is 0 Å². The number of carbonyl (C=O) groups excluding carboxylic acids is 1. The van der Waals surface area contributed by atoms with Crippen molar-refractivity contribution in [3.8, 4) is 0 Å². The number of carbonyl (C=O) groups is 1. The van der Waals surface area contributed by atoms with Crippen molar-refractivity contribution in [1.82, 2.24) is 5.32 Å². The number of amides is 1. The number of aliphatic hydroxyl groups excluding tert-OH is 2. The largest absolute Gasteiger partial charge is 0.394 e. The van der Waals surface area contributed by atoms with Gasteiger partial charge in [0.1, 0.15) is 0 Å². The van der Waals surface area contributed by atoms with Gasteiger partial charge in [0.05, 0.1) is 51.3 Å². The van der Waals surface area contributed by atoms with E-state index in [4.69, 9.17) is 24.4 Å². The Labute approximate surface area is 125 Å². The van der Waals surface area contributed by atoms with Crippen molar-refractivity contribution in [2.75, 3.05) is 39.6 Å². The summed E-state index contributed by atoms with van der Waals surface area (Å²) in [5.41, 5.74) is 0. The summed E-state index contributed by atoms with van der Waals surface area (Å²) in [6, 6.07) is -0.370. The third kappa shape index (κ3) is 8.33. The molecule has 1 unspecified atom stereocenters. The van der Waals surface area contributed by atoms with E-state index < -0.39 is 0 Å². The first-order valence-corrected chi connectivity index (χ1v) is 7.51. The second-order valence-electron chi connectivity index (χ2n) is 5.09. The van der Waals surface area contributed by atoms with Gasteiger partial charge in [0.15, 0.2) is 0 Å². The average molecular weight is 305 g/mol. The minimum Gasteiger partial charge on any atom is -0.394 e. The van der Waals surface area contributed by atoms with Crippen LogP contribution in [0, 0.1) is 0 Å². The van der Waals surface area contributed by atoms with Crippen LogP contribution < -0.4 is 5.32 Å². The van der Waals surface area contributed by atoms with Crippen LogP contribution in [-0.2, 0) is 19.0 Å². The normalized spacial score (nSPS) is 22.6. The zero-order chi connectivity index (χ0) is 15.5. The molecular weight excluding hydrogens is 278 g/mol. The molecule has 0 bridgehead atoms. The van der Waals surface area contributed by atoms with E-state index in [-0.39, 0.29) is 37.2 Å². The molecule has 7 nitrogen and oxygen atoms in total. The molecule has 0 spiro atoms. The van der Waals surface area contributed by atoms with Gasteiger partial charge >= 0.3 is 0 Å². The van der Waals surface area contributed by atoms with Crippen LogP contribution in [0.3, 0.4) is 0 Å². The highest BCUT2D eigenvalue weighted by molar-refractivity contribution is 5.76. The lowest BCUT2D eigenvalue weighted by Gasteiger charge is -2.31. The van der Waals surface area contributed by atoms with Gasteiger partial charge in [-0.25, -0.2) is 0 Å². The SMILES string of the molecule is CCOCC(CO)NC(=O)CCOCCOC1CC(O)C1. The highest BCUT2D eigenvalue weighted by Crippen LogP contribution is 2.22. The fourth-order valence-electron chi connectivity index (χ4n) is 1.91. The highest BCUT2D eigenvalue weighted by atomic mass is 16.5. The summed E-state index contributed by atoms with van der Waals surface area (Å²) in [6.07, 6.45) is 1.58. The molecule has 0 saturated heterocycles. The van der Waals surface area contributed by atoms with Crippen LogP contribution in [0.5, 0.6) is 0 Å². The third-order valence-electron chi connectivity index (χ3n) is 3.23. The average Bonchev–Trinajstić information content (AvgIpc) is 2.44. The van der Waals surface area contributed by atoms with Crippen LogP contribution >= 0.6 is 0 Å². The summed E-state index contributed by atoms with van der Waals surface area (Å²) in [5, 5.41) is 20.8. The molecule has 0 heterocycles. The molecule has 1 atom stereocenters. The van der Waals surface area contributed by atoms with Gasteiger partial charge in [-0.15, -0.1) is 0 Å². The van der Waals surface area contributed by atoms with E-state index in [1.165, 1.54) is 0 Å². The topological polar surface area (TPSA) is 97.3 Å². The predicted molar refractivity (Wildman–Crippen MR) is 75.9 cm³/mol. The number of hydrogen-bond acceptors (Lipinski definition) is 6. The Morgan fingerprint density at radius 3 is 2.67 bits per heavy atom. The first kappa shape index (κ1) is 18.3. The quantitative estimate of drug-likeness (QED) is 0.419. The fourth-order valence-corrected chi connectivity index (χ4v) is 1.91. The monoisotopic (exact) mass is 305 g/mol. The van der Waals surface area contributed by atoms with Gasteiger partial charge in [0, 0.05) is 13.0 Å². The van der Waals surface area contributed by atoms with Crippen molar-refractivity contribution < 1.29 is 29.2 Å². The molecule has 0 aromatic heterocycles. The van der Waals surface area contributed by atoms with Crippen molar-refractivity contribution in [3.05, 3.63) is 0 Å². The standard InChI is InChI=1S/C14H27NO6/c1-2-19-10-11(9-16)15-14(18)3-4-20-5-6-21-13-7-12(17)8-13/h11-13,16-17H,2-10H2,1H3,(H,15,18). The van der Waals surface area contributed by atoms with Gasteiger partial charge < -0.3 is 29.7 Å². The minimum atomic E-state index is -0.370. The van der Waals surface area contributed by atoms with Crippen LogP contribution in [0.1, 0.15) is 26.2 Å². The van der Waals surface area contributed by atoms with E-state index in [9.17, 15) is 4.79 Å². The summed E-state index contributed by atoms with van der Waals surface area (Å²) in [6.45, 7) is 3.79. The van der Waals surface area contributed by atoms with Crippen LogP contribution in [-0.4, -0.2) is 74.0 Å². The van der Waals surface area contributed by atoms with Crippen molar-refractivity contribution >= 4 is 5.91 Å². The lowest BCUT2D eigenvalue weighted by molar-refractivity contribution is -0.124. The van der Waals surface area contributed by atoms with Gasteiger partial charge in [-0.1, -0.05) is 0 Å². The van der Waals surface area contributed by atoms with E-state index >= 15 is 0 Å². The molecule has 1 aliphatic carbocycles. The minimum absolute atomic E-state index is 0.145. The summed E-state index contributed by atoms with van der Waals surface area (Å²) in [4.78, 5) is 11.6. The molecule has 124 valence electrons. The van der Waals surface area contributed by atoms with Gasteiger partial charge in [0.25, 0.3) is 0 Å². The van der Waals surface area contributed by atoms with Gasteiger partial charge in [-0.05, 0) is 19.8 Å². The summed E-state index contributed by atoms with van der Waals surface area (Å²) < 4.78 is 15.9. The van der Waals surface area contributed by atoms with Crippen molar-refractivity contribution in [2.45, 2.75) is 44.4 Å². The smallest absolute Gasteiger partial charge is 0.222 e. The van der Waals surface area contributed by atoms with Gasteiger partial charge in [-0.3, -0.25) is 4.79 Å². The molecule has 3 N–H and O–H groups in total. The molecule has 7 heteroatoms. The molecule has 1 saturated carbocycles. The number of hydrogen-bond donors (Lipinski definition) is 3. The fraction of sp³-hybridized carbons (Fsp3) is 0.929. The molecule has 1 rings (SSSR count). The molecule has 21 heavy (non-hydrogen) atoms. The number of aliphatic hydroxyl groups is 2. The van der Waals surface area contributed by atoms with Crippen molar-refractivity contribution in [1.29, 1.82) is 0 Å². The van der Waals surface area contributed by atoms with Crippen LogP contribution in [0.25, 0.3) is 0 Å². The molecule has 1 fully saturated rings. The molecule has 0 aromatic rings. The van der Waals surface area contributed by atoms with Crippen molar-refractivity contribution in [2.24, 2.45) is 0 Å². The Kier molecular flexibility index (Phi) is 9.53. The lowest BCUT2D eigenvalue weighted by Crippen LogP contribution is -2.41. The maximum Gasteiger partial charge on any atom is 0.222 e. The molecule has 0 radical (unpaired) electrons. The first-order valence-electron chi connectivity index (χ1n) is 7.51. The lowest BCUT2D eigenvalue weighted by atomic mass is 9.92. The first-order chi connectivity index (χ1) is 10.2. The molecule has 1 aliphatic rings. The van der Waals surface area contributed by atoms with E-state index in [0.29, 0.717) is 45.9 Å². The summed E-state index contributed by atoms with van der Waals surface area (Å²) >= 11 is 0. The Morgan fingerprint density at radius 2 is 2.05 bits per heavy atom. The maximum absolute atomic E-state index is 11.6. The van der Waals surface area contributed by atoms with E-state index in [0.717, 1.165) is 0 Å². The summed E-state index contributed by atoms with van der Waals surface area (Å²) in [7, 11) is 0. The second-order valence-corrected chi connectivity index (χ2v) is 5.09. The van der Waals surface area contributed by atoms with E-state index in [1.807, 2.05) is 6.92 Å². The third-order valence-corrected chi connectivity index (χ3v) is 3.23. The Bertz CT molecular complexity index is 283. The highest BCUT2D eigenvalue weighted by Gasteiger charge is 2.27. The van der Waals surface area contributed by atoms with E-state index in [1.54, 1.807) is 0 Å². The van der Waals surface area contributed by atoms with Crippen LogP contribution in [0.2, 0.25) is 0 Å². The molecule has 0 aliphatic heterocycles. The van der Waals surface area contributed by atoms with Crippen LogP contribution in [0.4, 0.5) is 0 Å². The van der Waals surface area contributed by atoms with Gasteiger partial charge in [0.2, 0.25) is 5.91 Å². The maximum atomic E-state index is 11.6. The zero-order valence-corrected chi connectivity index (χ0v) is 12.6.